The minimum Gasteiger partial charge on any atom is -0.488 e. The molecule has 3 aliphatic rings. The second kappa shape index (κ2) is 14.3. The van der Waals surface area contributed by atoms with Gasteiger partial charge in [0, 0.05) is 58.2 Å². The van der Waals surface area contributed by atoms with Crippen LogP contribution in [0.15, 0.2) is 42.0 Å². The average Bonchev–Trinajstić information content (AvgIpc) is 3.02. The van der Waals surface area contributed by atoms with Gasteiger partial charge in [-0.25, -0.2) is 13.6 Å². The number of carbonyl (C=O) groups excluding carboxylic acids is 2. The number of piperazine rings is 2. The van der Waals surface area contributed by atoms with Crippen molar-refractivity contribution in [2.24, 2.45) is 0 Å². The highest BCUT2D eigenvalue weighted by Gasteiger charge is 2.39. The van der Waals surface area contributed by atoms with E-state index < -0.39 is 35.2 Å². The predicted molar refractivity (Wildman–Crippen MR) is 156 cm³/mol. The Balaban J connectivity index is 1.16. The number of amides is 2. The maximum absolute atomic E-state index is 13.8. The van der Waals surface area contributed by atoms with Crippen LogP contribution in [0.1, 0.15) is 43.2 Å². The highest BCUT2D eigenvalue weighted by molar-refractivity contribution is 5.99. The van der Waals surface area contributed by atoms with Crippen LogP contribution in [-0.2, 0) is 20.8 Å². The Hall–Kier alpha value is -3.90. The summed E-state index contributed by atoms with van der Waals surface area (Å²) in [5, 5.41) is 16.7. The largest absolute Gasteiger partial charge is 0.488 e. The number of aliphatic carboxylic acids is 1. The molecule has 0 spiro atoms. The van der Waals surface area contributed by atoms with Crippen molar-refractivity contribution in [3.63, 3.8) is 0 Å². The third-order valence-electron chi connectivity index (χ3n) is 8.40. The van der Waals surface area contributed by atoms with Crippen LogP contribution in [0.5, 0.6) is 5.75 Å². The van der Waals surface area contributed by atoms with Crippen LogP contribution in [0.2, 0.25) is 0 Å². The number of nitrogens with one attached hydrogen (secondary N) is 2. The van der Waals surface area contributed by atoms with Crippen LogP contribution in [0.25, 0.3) is 5.57 Å². The molecule has 236 valence electrons. The number of hydrogen-bond acceptors (Lipinski definition) is 6. The molecule has 12 heteroatoms. The van der Waals surface area contributed by atoms with Gasteiger partial charge in [0.2, 0.25) is 17.6 Å². The quantitative estimate of drug-likeness (QED) is 0.264. The summed E-state index contributed by atoms with van der Waals surface area (Å²) >= 11 is 0. The van der Waals surface area contributed by atoms with Crippen molar-refractivity contribution in [3.8, 4) is 5.75 Å². The fourth-order valence-corrected chi connectivity index (χ4v) is 6.16. The molecule has 2 aromatic carbocycles. The first-order valence-corrected chi connectivity index (χ1v) is 15.1. The molecule has 44 heavy (non-hydrogen) atoms. The maximum Gasteiger partial charge on any atom is 0.333 e. The predicted octanol–water partition coefficient (Wildman–Crippen LogP) is 3.13. The highest BCUT2D eigenvalue weighted by atomic mass is 19.2. The first kappa shape index (κ1) is 31.5. The molecular formula is C32H37F3N4O5. The van der Waals surface area contributed by atoms with Gasteiger partial charge >= 0.3 is 5.97 Å². The summed E-state index contributed by atoms with van der Waals surface area (Å²) in [7, 11) is 0. The molecule has 3 N–H and O–H groups in total. The molecule has 2 saturated heterocycles. The van der Waals surface area contributed by atoms with Crippen molar-refractivity contribution in [3.05, 3.63) is 70.5 Å². The third-order valence-corrected chi connectivity index (χ3v) is 8.40. The first-order valence-electron chi connectivity index (χ1n) is 15.1. The zero-order valence-electron chi connectivity index (χ0n) is 24.4. The summed E-state index contributed by atoms with van der Waals surface area (Å²) in [5.74, 6) is -5.27. The van der Waals surface area contributed by atoms with Gasteiger partial charge in [-0.15, -0.1) is 0 Å². The zero-order valence-corrected chi connectivity index (χ0v) is 24.4. The number of benzene rings is 2. The van der Waals surface area contributed by atoms with Gasteiger partial charge in [0.25, 0.3) is 0 Å². The minimum atomic E-state index is -1.35. The molecule has 0 aromatic heterocycles. The fraction of sp³-hybridized carbons (Fsp3) is 0.469. The summed E-state index contributed by atoms with van der Waals surface area (Å²) in [6.07, 6.45) is 2.44. The van der Waals surface area contributed by atoms with E-state index in [-0.39, 0.29) is 43.0 Å². The van der Waals surface area contributed by atoms with E-state index in [4.69, 9.17) is 4.74 Å². The second-order valence-electron chi connectivity index (χ2n) is 11.4. The van der Waals surface area contributed by atoms with Crippen LogP contribution in [0, 0.1) is 17.5 Å². The van der Waals surface area contributed by atoms with Crippen molar-refractivity contribution < 1.29 is 37.4 Å². The summed E-state index contributed by atoms with van der Waals surface area (Å²) in [4.78, 5) is 41.4. The SMILES string of the molecule is O=C(O)C1=C(c2ccc(CCCOc3c(F)ccc(F)c3F)cc2)CC2CN(C(=O)CCCC(=O)N3CCNCC3)C[C@H]1N2. The van der Waals surface area contributed by atoms with Gasteiger partial charge in [0.15, 0.2) is 17.4 Å². The van der Waals surface area contributed by atoms with Gasteiger partial charge in [-0.3, -0.25) is 9.59 Å². The number of carbonyl (C=O) groups is 3. The summed E-state index contributed by atoms with van der Waals surface area (Å²) in [5.41, 5.74) is 2.69. The lowest BCUT2D eigenvalue weighted by atomic mass is 9.83. The van der Waals surface area contributed by atoms with E-state index in [2.05, 4.69) is 10.6 Å². The van der Waals surface area contributed by atoms with Gasteiger partial charge in [-0.2, -0.15) is 4.39 Å². The molecule has 2 bridgehead atoms. The van der Waals surface area contributed by atoms with Crippen LogP contribution in [0.4, 0.5) is 13.2 Å². The number of ether oxygens (including phenoxy) is 1. The van der Waals surface area contributed by atoms with Crippen LogP contribution in [0.3, 0.4) is 0 Å². The molecule has 3 heterocycles. The number of halogens is 3. The molecule has 2 aromatic rings. The number of carboxylic acids is 1. The van der Waals surface area contributed by atoms with Crippen molar-refractivity contribution >= 4 is 23.4 Å². The van der Waals surface area contributed by atoms with E-state index in [1.54, 1.807) is 4.90 Å². The van der Waals surface area contributed by atoms with E-state index in [0.29, 0.717) is 57.8 Å². The lowest BCUT2D eigenvalue weighted by Crippen LogP contribution is -2.61. The van der Waals surface area contributed by atoms with Gasteiger partial charge < -0.3 is 30.3 Å². The molecule has 2 fully saturated rings. The zero-order chi connectivity index (χ0) is 31.2. The van der Waals surface area contributed by atoms with Crippen molar-refractivity contribution in [1.82, 2.24) is 20.4 Å². The summed E-state index contributed by atoms with van der Waals surface area (Å²) < 4.78 is 46.0. The van der Waals surface area contributed by atoms with Gasteiger partial charge in [0.05, 0.1) is 18.2 Å². The van der Waals surface area contributed by atoms with Gasteiger partial charge in [0.1, 0.15) is 0 Å². The standard InChI is InChI=1S/C32H37F3N4O5/c33-24-10-11-25(34)31(30(24)35)44-16-2-3-20-6-8-21(9-7-20)23-17-22-18-39(19-26(37-22)29(23)32(42)43)28(41)5-1-4-27(40)38-14-12-36-13-15-38/h6-11,22,26,36-37H,1-5,12-19H2,(H,42,43)/t22?,26-/m1/s1. The highest BCUT2D eigenvalue weighted by Crippen LogP contribution is 2.34. The molecule has 0 saturated carbocycles. The molecule has 0 aliphatic carbocycles. The Kier molecular flexibility index (Phi) is 10.2. The number of rotatable bonds is 11. The maximum atomic E-state index is 13.8. The average molecular weight is 615 g/mol. The molecular weight excluding hydrogens is 577 g/mol. The smallest absolute Gasteiger partial charge is 0.333 e. The van der Waals surface area contributed by atoms with E-state index in [0.717, 1.165) is 35.9 Å². The topological polar surface area (TPSA) is 111 Å². The number of nitrogens with zero attached hydrogens (tertiary/aromatic N) is 2. The number of carboxylic acid groups (broad SMARTS) is 1. The Morgan fingerprint density at radius 3 is 2.27 bits per heavy atom. The molecule has 2 atom stereocenters. The van der Waals surface area contributed by atoms with Crippen LogP contribution in [-0.4, -0.2) is 90.6 Å². The molecule has 9 nitrogen and oxygen atoms in total. The summed E-state index contributed by atoms with van der Waals surface area (Å²) in [6.45, 7) is 3.62. The van der Waals surface area contributed by atoms with Crippen molar-refractivity contribution in [2.45, 2.75) is 50.6 Å². The Morgan fingerprint density at radius 1 is 0.886 bits per heavy atom. The van der Waals surface area contributed by atoms with Crippen LogP contribution < -0.4 is 15.4 Å². The van der Waals surface area contributed by atoms with E-state index in [1.807, 2.05) is 29.2 Å². The first-order chi connectivity index (χ1) is 21.2. The molecule has 0 radical (unpaired) electrons. The molecule has 3 aliphatic heterocycles. The van der Waals surface area contributed by atoms with Crippen LogP contribution >= 0.6 is 0 Å². The third kappa shape index (κ3) is 7.41. The van der Waals surface area contributed by atoms with E-state index >= 15 is 0 Å². The van der Waals surface area contributed by atoms with Gasteiger partial charge in [-0.05, 0) is 54.5 Å². The number of fused-ring (bicyclic) bond motifs is 2. The molecule has 1 unspecified atom stereocenters. The van der Waals surface area contributed by atoms with Crippen molar-refractivity contribution in [2.75, 3.05) is 45.9 Å². The Bertz CT molecular complexity index is 1410. The fourth-order valence-electron chi connectivity index (χ4n) is 6.16. The summed E-state index contributed by atoms with van der Waals surface area (Å²) in [6, 6.07) is 8.38. The van der Waals surface area contributed by atoms with Gasteiger partial charge in [-0.1, -0.05) is 24.3 Å². The lowest BCUT2D eigenvalue weighted by Gasteiger charge is -2.43. The Labute approximate surface area is 254 Å². The van der Waals surface area contributed by atoms with E-state index in [9.17, 15) is 32.7 Å². The lowest BCUT2D eigenvalue weighted by molar-refractivity contribution is -0.137. The molecule has 5 rings (SSSR count). The normalized spacial score (nSPS) is 20.1. The monoisotopic (exact) mass is 614 g/mol. The second-order valence-corrected chi connectivity index (χ2v) is 11.4. The molecule has 2 amide bonds. The Morgan fingerprint density at radius 2 is 1.57 bits per heavy atom. The minimum absolute atomic E-state index is 0.00985. The van der Waals surface area contributed by atoms with Crippen molar-refractivity contribution in [1.29, 1.82) is 0 Å². The van der Waals surface area contributed by atoms with E-state index in [1.165, 1.54) is 0 Å². The number of aryl methyl sites for hydroxylation is 1. The number of hydrogen-bond donors (Lipinski definition) is 3.